The van der Waals surface area contributed by atoms with E-state index in [4.69, 9.17) is 5.11 Å². The highest BCUT2D eigenvalue weighted by Crippen LogP contribution is 2.29. The lowest BCUT2D eigenvalue weighted by molar-refractivity contribution is 0.230. The summed E-state index contributed by atoms with van der Waals surface area (Å²) in [6.07, 6.45) is 9.56. The van der Waals surface area contributed by atoms with Crippen molar-refractivity contribution in [3.05, 3.63) is 0 Å². The lowest BCUT2D eigenvalue weighted by Crippen LogP contribution is -2.11. The summed E-state index contributed by atoms with van der Waals surface area (Å²) in [5.41, 5.74) is 0. The molecule has 1 aliphatic carbocycles. The predicted octanol–water partition coefficient (Wildman–Crippen LogP) is 2.98. The molecule has 1 heteroatoms. The van der Waals surface area contributed by atoms with E-state index in [1.807, 2.05) is 0 Å². The summed E-state index contributed by atoms with van der Waals surface area (Å²) in [5, 5.41) is 8.77. The van der Waals surface area contributed by atoms with Crippen LogP contribution in [0.3, 0.4) is 0 Å². The first-order chi connectivity index (χ1) is 5.83. The molecule has 1 saturated carbocycles. The third-order valence-corrected chi connectivity index (χ3v) is 3.08. The van der Waals surface area contributed by atoms with Crippen molar-refractivity contribution in [3.63, 3.8) is 0 Å². The molecule has 1 aliphatic rings. The second-order valence-corrected chi connectivity index (χ2v) is 4.36. The molecule has 0 spiro atoms. The Morgan fingerprint density at radius 1 is 1.25 bits per heavy atom. The second-order valence-electron chi connectivity index (χ2n) is 4.36. The standard InChI is InChI=1S/C11H22O/c1-10(7-8-12)9-11-5-3-2-4-6-11/h10-12H,2-9H2,1H3/t10-/m0/s1. The minimum Gasteiger partial charge on any atom is -0.396 e. The van der Waals surface area contributed by atoms with E-state index >= 15 is 0 Å². The minimum absolute atomic E-state index is 0.369. The zero-order chi connectivity index (χ0) is 8.81. The van der Waals surface area contributed by atoms with Crippen LogP contribution in [0.4, 0.5) is 0 Å². The quantitative estimate of drug-likeness (QED) is 0.687. The Labute approximate surface area is 76.2 Å². The van der Waals surface area contributed by atoms with Crippen LogP contribution in [0, 0.1) is 11.8 Å². The molecule has 0 bridgehead atoms. The summed E-state index contributed by atoms with van der Waals surface area (Å²) >= 11 is 0. The average Bonchev–Trinajstić information content (AvgIpc) is 2.06. The molecule has 0 aliphatic heterocycles. The summed E-state index contributed by atoms with van der Waals surface area (Å²) < 4.78 is 0. The second kappa shape index (κ2) is 5.58. The molecule has 72 valence electrons. The Kier molecular flexibility index (Phi) is 4.67. The molecule has 0 aromatic heterocycles. The molecule has 1 fully saturated rings. The van der Waals surface area contributed by atoms with Crippen LogP contribution < -0.4 is 0 Å². The van der Waals surface area contributed by atoms with E-state index in [1.54, 1.807) is 0 Å². The first-order valence-corrected chi connectivity index (χ1v) is 5.43. The van der Waals surface area contributed by atoms with Gasteiger partial charge in [-0.05, 0) is 24.7 Å². The van der Waals surface area contributed by atoms with Crippen LogP contribution in [-0.2, 0) is 0 Å². The van der Waals surface area contributed by atoms with Crippen molar-refractivity contribution < 1.29 is 5.11 Å². The number of rotatable bonds is 4. The van der Waals surface area contributed by atoms with Crippen molar-refractivity contribution in [2.45, 2.75) is 51.9 Å². The van der Waals surface area contributed by atoms with Gasteiger partial charge in [-0.2, -0.15) is 0 Å². The van der Waals surface area contributed by atoms with Crippen LogP contribution in [0.25, 0.3) is 0 Å². The Hall–Kier alpha value is -0.0400. The maximum absolute atomic E-state index is 8.77. The van der Waals surface area contributed by atoms with Gasteiger partial charge in [0.05, 0.1) is 0 Å². The molecular weight excluding hydrogens is 148 g/mol. The van der Waals surface area contributed by atoms with E-state index < -0.39 is 0 Å². The lowest BCUT2D eigenvalue weighted by Gasteiger charge is -2.24. The molecule has 0 heterocycles. The Morgan fingerprint density at radius 3 is 2.50 bits per heavy atom. The fourth-order valence-electron chi connectivity index (χ4n) is 2.33. The lowest BCUT2D eigenvalue weighted by atomic mass is 9.82. The van der Waals surface area contributed by atoms with Gasteiger partial charge in [-0.1, -0.05) is 39.0 Å². The molecule has 0 aromatic rings. The summed E-state index contributed by atoms with van der Waals surface area (Å²) in [6.45, 7) is 2.64. The fourth-order valence-corrected chi connectivity index (χ4v) is 2.33. The summed E-state index contributed by atoms with van der Waals surface area (Å²) in [5.74, 6) is 1.71. The largest absolute Gasteiger partial charge is 0.396 e. The molecule has 0 radical (unpaired) electrons. The van der Waals surface area contributed by atoms with Gasteiger partial charge in [-0.15, -0.1) is 0 Å². The van der Waals surface area contributed by atoms with Gasteiger partial charge in [0, 0.05) is 6.61 Å². The maximum Gasteiger partial charge on any atom is 0.0433 e. The summed E-state index contributed by atoms with van der Waals surface area (Å²) in [4.78, 5) is 0. The van der Waals surface area contributed by atoms with Gasteiger partial charge >= 0.3 is 0 Å². The monoisotopic (exact) mass is 170 g/mol. The van der Waals surface area contributed by atoms with Gasteiger partial charge in [0.25, 0.3) is 0 Å². The first kappa shape index (κ1) is 10.0. The molecular formula is C11H22O. The zero-order valence-corrected chi connectivity index (χ0v) is 8.26. The van der Waals surface area contributed by atoms with Crippen molar-refractivity contribution >= 4 is 0 Å². The fraction of sp³-hybridized carbons (Fsp3) is 1.00. The highest BCUT2D eigenvalue weighted by atomic mass is 16.3. The van der Waals surface area contributed by atoms with E-state index in [9.17, 15) is 0 Å². The van der Waals surface area contributed by atoms with Crippen LogP contribution >= 0.6 is 0 Å². The van der Waals surface area contributed by atoms with Gasteiger partial charge in [-0.25, -0.2) is 0 Å². The van der Waals surface area contributed by atoms with E-state index in [2.05, 4.69) is 6.92 Å². The first-order valence-electron chi connectivity index (χ1n) is 5.43. The molecule has 0 amide bonds. The Morgan fingerprint density at radius 2 is 1.92 bits per heavy atom. The van der Waals surface area contributed by atoms with Crippen LogP contribution in [0.1, 0.15) is 51.9 Å². The SMILES string of the molecule is C[C@@H](CCO)CC1CCCCC1. The van der Waals surface area contributed by atoms with Crippen molar-refractivity contribution in [2.75, 3.05) is 6.61 Å². The maximum atomic E-state index is 8.77. The molecule has 0 aromatic carbocycles. The highest BCUT2D eigenvalue weighted by molar-refractivity contribution is 4.68. The van der Waals surface area contributed by atoms with Crippen molar-refractivity contribution in [1.82, 2.24) is 0 Å². The van der Waals surface area contributed by atoms with Gasteiger partial charge in [-0.3, -0.25) is 0 Å². The molecule has 1 rings (SSSR count). The number of aliphatic hydroxyl groups excluding tert-OH is 1. The summed E-state index contributed by atoms with van der Waals surface area (Å²) in [7, 11) is 0. The smallest absolute Gasteiger partial charge is 0.0433 e. The van der Waals surface area contributed by atoms with Crippen LogP contribution in [0.15, 0.2) is 0 Å². The van der Waals surface area contributed by atoms with E-state index in [-0.39, 0.29) is 0 Å². The predicted molar refractivity (Wildman–Crippen MR) is 52.1 cm³/mol. The van der Waals surface area contributed by atoms with Crippen LogP contribution in [-0.4, -0.2) is 11.7 Å². The van der Waals surface area contributed by atoms with Gasteiger partial charge in [0.15, 0.2) is 0 Å². The topological polar surface area (TPSA) is 20.2 Å². The number of hydrogen-bond donors (Lipinski definition) is 1. The number of aliphatic hydroxyl groups is 1. The van der Waals surface area contributed by atoms with E-state index in [0.29, 0.717) is 6.61 Å². The van der Waals surface area contributed by atoms with Gasteiger partial charge in [0.1, 0.15) is 0 Å². The van der Waals surface area contributed by atoms with Gasteiger partial charge < -0.3 is 5.11 Å². The normalized spacial score (nSPS) is 22.5. The summed E-state index contributed by atoms with van der Waals surface area (Å²) in [6, 6.07) is 0. The minimum atomic E-state index is 0.369. The Balaban J connectivity index is 2.11. The highest BCUT2D eigenvalue weighted by Gasteiger charge is 2.15. The van der Waals surface area contributed by atoms with Crippen molar-refractivity contribution in [1.29, 1.82) is 0 Å². The third kappa shape index (κ3) is 3.57. The van der Waals surface area contributed by atoms with Gasteiger partial charge in [0.2, 0.25) is 0 Å². The molecule has 0 saturated heterocycles. The molecule has 1 N–H and O–H groups in total. The van der Waals surface area contributed by atoms with E-state index in [0.717, 1.165) is 18.3 Å². The average molecular weight is 170 g/mol. The van der Waals surface area contributed by atoms with Crippen LogP contribution in [0.5, 0.6) is 0 Å². The zero-order valence-electron chi connectivity index (χ0n) is 8.26. The Bertz CT molecular complexity index is 106. The van der Waals surface area contributed by atoms with Crippen LogP contribution in [0.2, 0.25) is 0 Å². The van der Waals surface area contributed by atoms with Crippen molar-refractivity contribution in [2.24, 2.45) is 11.8 Å². The molecule has 1 atom stereocenters. The van der Waals surface area contributed by atoms with E-state index in [1.165, 1.54) is 38.5 Å². The molecule has 1 nitrogen and oxygen atoms in total. The number of hydrogen-bond acceptors (Lipinski definition) is 1. The molecule has 0 unspecified atom stereocenters. The molecule has 12 heavy (non-hydrogen) atoms. The third-order valence-electron chi connectivity index (χ3n) is 3.08. The van der Waals surface area contributed by atoms with Crippen molar-refractivity contribution in [3.8, 4) is 0 Å².